The summed E-state index contributed by atoms with van der Waals surface area (Å²) >= 11 is 1.80. The third-order valence-electron chi connectivity index (χ3n) is 9.40. The minimum Gasteiger partial charge on any atom is -0.375 e. The first-order chi connectivity index (χ1) is 21.2. The Morgan fingerprint density at radius 1 is 0.909 bits per heavy atom. The lowest BCUT2D eigenvalue weighted by Gasteiger charge is -2.48. The highest BCUT2D eigenvalue weighted by atomic mass is 32.2. The number of nitrogens with zero attached hydrogens (tertiary/aromatic N) is 3. The summed E-state index contributed by atoms with van der Waals surface area (Å²) in [5.41, 5.74) is 6.90. The number of hydrogen-bond acceptors (Lipinski definition) is 5. The number of ether oxygens (including phenoxy) is 1. The van der Waals surface area contributed by atoms with E-state index < -0.39 is 0 Å². The topological polar surface area (TPSA) is 36.0 Å². The molecule has 2 aromatic carbocycles. The molecule has 1 amide bonds. The first-order valence-electron chi connectivity index (χ1n) is 17.1. The van der Waals surface area contributed by atoms with E-state index in [-0.39, 0.29) is 6.10 Å². The van der Waals surface area contributed by atoms with Gasteiger partial charge in [-0.1, -0.05) is 63.2 Å². The number of aryl methyl sites for hydroxylation is 2. The molecule has 2 saturated heterocycles. The van der Waals surface area contributed by atoms with Gasteiger partial charge in [-0.15, -0.1) is 11.8 Å². The monoisotopic (exact) mass is 621 g/mol. The highest BCUT2D eigenvalue weighted by Crippen LogP contribution is 2.30. The summed E-state index contributed by atoms with van der Waals surface area (Å²) in [6.07, 6.45) is 7.73. The number of hydrogen-bond donors (Lipinski definition) is 0. The van der Waals surface area contributed by atoms with Crippen LogP contribution in [0.5, 0.6) is 0 Å². The lowest BCUT2D eigenvalue weighted by atomic mass is 9.94. The summed E-state index contributed by atoms with van der Waals surface area (Å²) in [5, 5.41) is 2.10. The Morgan fingerprint density at radius 2 is 1.59 bits per heavy atom. The number of carbonyl (C=O) groups is 1. The molecule has 5 nitrogen and oxygen atoms in total. The van der Waals surface area contributed by atoms with Gasteiger partial charge < -0.3 is 9.64 Å². The molecule has 0 aromatic heterocycles. The van der Waals surface area contributed by atoms with Crippen molar-refractivity contribution in [2.45, 2.75) is 111 Å². The quantitative estimate of drug-likeness (QED) is 0.223. The molecule has 244 valence electrons. The Morgan fingerprint density at radius 3 is 2.14 bits per heavy atom. The lowest BCUT2D eigenvalue weighted by Crippen LogP contribution is -2.57. The zero-order valence-corrected chi connectivity index (χ0v) is 29.6. The fraction of sp³-hybridized carbons (Fsp3) is 0.605. The Bertz CT molecular complexity index is 1130. The molecule has 0 bridgehead atoms. The van der Waals surface area contributed by atoms with Crippen molar-refractivity contribution in [1.82, 2.24) is 14.7 Å². The van der Waals surface area contributed by atoms with Crippen LogP contribution >= 0.6 is 11.8 Å². The molecule has 44 heavy (non-hydrogen) atoms. The molecule has 2 fully saturated rings. The Hall–Kier alpha value is -2.12. The van der Waals surface area contributed by atoms with Gasteiger partial charge in [-0.2, -0.15) is 0 Å². The zero-order chi connectivity index (χ0) is 32.1. The predicted molar refractivity (Wildman–Crippen MR) is 190 cm³/mol. The SMILES string of the molecule is CCOC(C)/C=C\SCC.CCc1cc(CC)cc(-c2ccc([C@H](C)N3CCN(C4CCN(C=O)C(C)C4)C[C@H]3C)cc2)c1. The second-order valence-corrected chi connectivity index (χ2v) is 13.6. The van der Waals surface area contributed by atoms with Crippen LogP contribution in [0.3, 0.4) is 0 Å². The van der Waals surface area contributed by atoms with Crippen molar-refractivity contribution in [3.63, 3.8) is 0 Å². The molecule has 2 aliphatic heterocycles. The molecule has 0 radical (unpaired) electrons. The third-order valence-corrected chi connectivity index (χ3v) is 10.1. The summed E-state index contributed by atoms with van der Waals surface area (Å²) in [6, 6.07) is 18.2. The summed E-state index contributed by atoms with van der Waals surface area (Å²) in [5.74, 6) is 1.13. The van der Waals surface area contributed by atoms with Gasteiger partial charge in [0, 0.05) is 57.0 Å². The fourth-order valence-corrected chi connectivity index (χ4v) is 7.15. The molecule has 0 spiro atoms. The van der Waals surface area contributed by atoms with Crippen LogP contribution in [0.25, 0.3) is 11.1 Å². The number of thioether (sulfide) groups is 1. The van der Waals surface area contributed by atoms with Crippen molar-refractivity contribution < 1.29 is 9.53 Å². The lowest BCUT2D eigenvalue weighted by molar-refractivity contribution is -0.122. The van der Waals surface area contributed by atoms with Gasteiger partial charge in [0.05, 0.1) is 6.10 Å². The minimum absolute atomic E-state index is 0.268. The number of amides is 1. The van der Waals surface area contributed by atoms with Gasteiger partial charge in [0.1, 0.15) is 0 Å². The van der Waals surface area contributed by atoms with Crippen molar-refractivity contribution in [2.75, 3.05) is 38.5 Å². The molecular formula is C38H59N3O2S. The highest BCUT2D eigenvalue weighted by Gasteiger charge is 2.34. The number of carbonyl (C=O) groups excluding carboxylic acids is 1. The Labute approximate surface area is 273 Å². The maximum atomic E-state index is 11.2. The summed E-state index contributed by atoms with van der Waals surface area (Å²) < 4.78 is 5.29. The van der Waals surface area contributed by atoms with Crippen molar-refractivity contribution in [3.8, 4) is 11.1 Å². The van der Waals surface area contributed by atoms with Crippen molar-refractivity contribution in [1.29, 1.82) is 0 Å². The Kier molecular flexibility index (Phi) is 15.5. The average Bonchev–Trinajstić information content (AvgIpc) is 3.04. The van der Waals surface area contributed by atoms with Crippen molar-refractivity contribution >= 4 is 18.2 Å². The van der Waals surface area contributed by atoms with E-state index in [4.69, 9.17) is 4.74 Å². The molecule has 4 rings (SSSR count). The molecule has 0 N–H and O–H groups in total. The van der Waals surface area contributed by atoms with E-state index >= 15 is 0 Å². The van der Waals surface area contributed by atoms with Gasteiger partial charge in [-0.05, 0) is 105 Å². The summed E-state index contributed by atoms with van der Waals surface area (Å²) in [6.45, 7) is 22.6. The second kappa shape index (κ2) is 18.8. The molecule has 3 unspecified atom stereocenters. The molecule has 2 heterocycles. The maximum absolute atomic E-state index is 11.2. The number of benzene rings is 2. The van der Waals surface area contributed by atoms with E-state index in [9.17, 15) is 4.79 Å². The highest BCUT2D eigenvalue weighted by molar-refractivity contribution is 8.02. The second-order valence-electron chi connectivity index (χ2n) is 12.4. The Balaban J connectivity index is 0.000000456. The molecule has 0 aliphatic carbocycles. The normalized spacial score (nSPS) is 22.8. The van der Waals surface area contributed by atoms with Gasteiger partial charge in [-0.3, -0.25) is 14.6 Å². The standard InChI is InChI=1S/C30H43N3O.C8H16OS/c1-6-25-17-26(7-2)19-29(18-25)28-10-8-27(9-11-28)24(5)33-15-14-31(20-23(33)4)30-12-13-32(21-34)22(3)16-30;1-4-9-8(3)6-7-10-5-2/h8-11,17-19,21-24,30H,6-7,12-16,20H2,1-5H3;6-8H,4-5H2,1-3H3/b;7-6-/t22?,23-,24+,30?;/m1./s1. The van der Waals surface area contributed by atoms with E-state index in [1.54, 1.807) is 11.8 Å². The summed E-state index contributed by atoms with van der Waals surface area (Å²) in [4.78, 5) is 18.5. The van der Waals surface area contributed by atoms with Gasteiger partial charge in [0.25, 0.3) is 0 Å². The van der Waals surface area contributed by atoms with Gasteiger partial charge >= 0.3 is 0 Å². The van der Waals surface area contributed by atoms with Crippen LogP contribution in [0, 0.1) is 0 Å². The predicted octanol–water partition coefficient (Wildman–Crippen LogP) is 8.23. The van der Waals surface area contributed by atoms with E-state index in [0.717, 1.165) is 70.6 Å². The van der Waals surface area contributed by atoms with E-state index in [0.29, 0.717) is 24.2 Å². The first kappa shape index (κ1) is 36.3. The van der Waals surface area contributed by atoms with Crippen LogP contribution in [0.4, 0.5) is 0 Å². The zero-order valence-electron chi connectivity index (χ0n) is 28.8. The number of piperazine rings is 1. The third kappa shape index (κ3) is 10.5. The van der Waals surface area contributed by atoms with E-state index in [1.807, 2.05) is 11.8 Å². The molecule has 5 atom stereocenters. The van der Waals surface area contributed by atoms with Gasteiger partial charge in [0.2, 0.25) is 6.41 Å². The van der Waals surface area contributed by atoms with E-state index in [1.165, 1.54) is 27.8 Å². The largest absolute Gasteiger partial charge is 0.375 e. The molecule has 6 heteroatoms. The average molecular weight is 622 g/mol. The molecule has 2 aliphatic rings. The summed E-state index contributed by atoms with van der Waals surface area (Å²) in [7, 11) is 0. The first-order valence-corrected chi connectivity index (χ1v) is 18.1. The molecule has 2 aromatic rings. The van der Waals surface area contributed by atoms with Gasteiger partial charge in [-0.25, -0.2) is 0 Å². The molecule has 0 saturated carbocycles. The maximum Gasteiger partial charge on any atom is 0.209 e. The fourth-order valence-electron chi connectivity index (χ4n) is 6.62. The van der Waals surface area contributed by atoms with Crippen LogP contribution in [0.1, 0.15) is 91.0 Å². The van der Waals surface area contributed by atoms with Crippen molar-refractivity contribution in [3.05, 3.63) is 70.6 Å². The van der Waals surface area contributed by atoms with Crippen LogP contribution in [0.2, 0.25) is 0 Å². The number of rotatable bonds is 12. The number of likely N-dealkylation sites (tertiary alicyclic amines) is 1. The minimum atomic E-state index is 0.268. The van der Waals surface area contributed by atoms with Crippen LogP contribution in [0.15, 0.2) is 53.9 Å². The van der Waals surface area contributed by atoms with Crippen LogP contribution in [-0.4, -0.2) is 83.9 Å². The number of piperidine rings is 1. The van der Waals surface area contributed by atoms with E-state index in [2.05, 4.69) is 112 Å². The molecular weight excluding hydrogens is 563 g/mol. The smallest absolute Gasteiger partial charge is 0.209 e. The van der Waals surface area contributed by atoms with Crippen LogP contribution in [-0.2, 0) is 22.4 Å². The van der Waals surface area contributed by atoms with Crippen LogP contribution < -0.4 is 0 Å². The van der Waals surface area contributed by atoms with Gasteiger partial charge in [0.15, 0.2) is 0 Å². The van der Waals surface area contributed by atoms with Crippen molar-refractivity contribution in [2.24, 2.45) is 0 Å².